The van der Waals surface area contributed by atoms with Crippen LogP contribution in [0, 0.1) is 13.8 Å². The molecule has 0 aliphatic rings. The lowest BCUT2D eigenvalue weighted by Gasteiger charge is -2.27. The van der Waals surface area contributed by atoms with Crippen molar-refractivity contribution in [3.8, 4) is 17.0 Å². The second-order valence-electron chi connectivity index (χ2n) is 12.1. The summed E-state index contributed by atoms with van der Waals surface area (Å²) in [5.74, 6) is 0.00527. The van der Waals surface area contributed by atoms with Gasteiger partial charge in [0.2, 0.25) is 0 Å². The first-order valence-electron chi connectivity index (χ1n) is 12.9. The Morgan fingerprint density at radius 2 is 1.53 bits per heavy atom. The molecule has 1 aromatic heterocycles. The molecule has 0 saturated heterocycles. The summed E-state index contributed by atoms with van der Waals surface area (Å²) in [6, 6.07) is 19.6. The fourth-order valence-corrected chi connectivity index (χ4v) is 4.61. The molecule has 2 N–H and O–H groups in total. The average Bonchev–Trinajstić information content (AvgIpc) is 2.84. The fourth-order valence-electron chi connectivity index (χ4n) is 4.61. The van der Waals surface area contributed by atoms with Crippen LogP contribution >= 0.6 is 0 Å². The number of carbonyl (C=O) groups is 1. The van der Waals surface area contributed by atoms with E-state index in [4.69, 9.17) is 4.98 Å². The maximum atomic E-state index is 13.4. The lowest BCUT2D eigenvalue weighted by atomic mass is 9.78. The van der Waals surface area contributed by atoms with Gasteiger partial charge in [-0.3, -0.25) is 4.79 Å². The van der Waals surface area contributed by atoms with Gasteiger partial charge in [-0.2, -0.15) is 5.10 Å². The van der Waals surface area contributed by atoms with E-state index < -0.39 is 0 Å². The first-order chi connectivity index (χ1) is 17.8. The van der Waals surface area contributed by atoms with Crippen LogP contribution in [0.25, 0.3) is 22.2 Å². The summed E-state index contributed by atoms with van der Waals surface area (Å²) in [4.78, 5) is 18.2. The van der Waals surface area contributed by atoms with E-state index in [2.05, 4.69) is 70.3 Å². The lowest BCUT2D eigenvalue weighted by Crippen LogP contribution is -2.19. The molecule has 5 nitrogen and oxygen atoms in total. The minimum absolute atomic E-state index is 0.253. The van der Waals surface area contributed by atoms with Crippen molar-refractivity contribution in [3.05, 3.63) is 94.0 Å². The highest BCUT2D eigenvalue weighted by Gasteiger charge is 2.26. The average molecular weight is 508 g/mol. The molecule has 0 saturated carbocycles. The van der Waals surface area contributed by atoms with E-state index in [0.29, 0.717) is 11.3 Å². The van der Waals surface area contributed by atoms with Crippen molar-refractivity contribution >= 4 is 23.0 Å². The van der Waals surface area contributed by atoms with Gasteiger partial charge in [-0.05, 0) is 66.1 Å². The molecule has 0 fully saturated rings. The molecule has 1 heterocycles. The summed E-state index contributed by atoms with van der Waals surface area (Å²) >= 11 is 0. The number of para-hydroxylation sites is 1. The van der Waals surface area contributed by atoms with E-state index in [-0.39, 0.29) is 16.7 Å². The molecule has 3 aromatic carbocycles. The number of hydrazone groups is 1. The number of hydrogen-bond acceptors (Lipinski definition) is 4. The second kappa shape index (κ2) is 10.1. The molecule has 0 unspecified atom stereocenters. The van der Waals surface area contributed by atoms with E-state index in [1.165, 1.54) is 0 Å². The Morgan fingerprint density at radius 1 is 0.895 bits per heavy atom. The number of benzene rings is 3. The van der Waals surface area contributed by atoms with E-state index in [1.54, 1.807) is 6.21 Å². The van der Waals surface area contributed by atoms with Crippen molar-refractivity contribution in [1.82, 2.24) is 10.4 Å². The summed E-state index contributed by atoms with van der Waals surface area (Å²) in [6.45, 7) is 16.5. The van der Waals surface area contributed by atoms with Gasteiger partial charge in [0.15, 0.2) is 0 Å². The number of nitrogens with one attached hydrogen (secondary N) is 1. The van der Waals surface area contributed by atoms with Gasteiger partial charge in [0, 0.05) is 22.1 Å². The minimum atomic E-state index is -0.308. The molecule has 4 aromatic rings. The van der Waals surface area contributed by atoms with E-state index in [1.807, 2.05) is 56.3 Å². The molecule has 0 aliphatic carbocycles. The highest BCUT2D eigenvalue weighted by molar-refractivity contribution is 6.07. The molecule has 196 valence electrons. The maximum Gasteiger partial charge on any atom is 0.272 e. The number of rotatable bonds is 4. The Bertz CT molecular complexity index is 1520. The van der Waals surface area contributed by atoms with Gasteiger partial charge in [-0.1, -0.05) is 77.4 Å². The minimum Gasteiger partial charge on any atom is -0.507 e. The number of aryl methyl sites for hydroxylation is 2. The van der Waals surface area contributed by atoms with Crippen LogP contribution in [0.1, 0.15) is 79.7 Å². The predicted octanol–water partition coefficient (Wildman–Crippen LogP) is 7.58. The summed E-state index contributed by atoms with van der Waals surface area (Å²) in [5, 5.41) is 16.1. The summed E-state index contributed by atoms with van der Waals surface area (Å²) in [5.41, 5.74) is 9.96. The van der Waals surface area contributed by atoms with E-state index in [9.17, 15) is 9.90 Å². The smallest absolute Gasteiger partial charge is 0.272 e. The van der Waals surface area contributed by atoms with Gasteiger partial charge >= 0.3 is 0 Å². The zero-order valence-electron chi connectivity index (χ0n) is 23.6. The third kappa shape index (κ3) is 5.62. The van der Waals surface area contributed by atoms with Crippen LogP contribution in [-0.2, 0) is 10.8 Å². The van der Waals surface area contributed by atoms with E-state index in [0.717, 1.165) is 50.0 Å². The van der Waals surface area contributed by atoms with Crippen LogP contribution in [0.4, 0.5) is 0 Å². The van der Waals surface area contributed by atoms with Crippen LogP contribution in [-0.4, -0.2) is 22.2 Å². The van der Waals surface area contributed by atoms with Crippen molar-refractivity contribution in [1.29, 1.82) is 0 Å². The van der Waals surface area contributed by atoms with Gasteiger partial charge in [-0.25, -0.2) is 10.4 Å². The molecule has 38 heavy (non-hydrogen) atoms. The highest BCUT2D eigenvalue weighted by Crippen LogP contribution is 2.39. The number of aromatic nitrogens is 1. The van der Waals surface area contributed by atoms with Gasteiger partial charge in [-0.15, -0.1) is 0 Å². The highest BCUT2D eigenvalue weighted by atomic mass is 16.3. The molecular formula is C33H37N3O2. The van der Waals surface area contributed by atoms with Gasteiger partial charge in [0.25, 0.3) is 5.91 Å². The second-order valence-corrected chi connectivity index (χ2v) is 12.1. The predicted molar refractivity (Wildman–Crippen MR) is 157 cm³/mol. The molecule has 0 bridgehead atoms. The summed E-state index contributed by atoms with van der Waals surface area (Å²) < 4.78 is 0. The van der Waals surface area contributed by atoms with Gasteiger partial charge in [0.05, 0.1) is 23.0 Å². The number of pyridine rings is 1. The molecule has 5 heteroatoms. The number of carbonyl (C=O) groups excluding carboxylic acids is 1. The van der Waals surface area contributed by atoms with Crippen molar-refractivity contribution in [2.75, 3.05) is 0 Å². The van der Waals surface area contributed by atoms with Crippen molar-refractivity contribution < 1.29 is 9.90 Å². The Kier molecular flexibility index (Phi) is 7.16. The molecule has 0 atom stereocenters. The summed E-state index contributed by atoms with van der Waals surface area (Å²) in [7, 11) is 0. The fraction of sp³-hybridized carbons (Fsp3) is 0.303. The van der Waals surface area contributed by atoms with Crippen LogP contribution < -0.4 is 5.43 Å². The van der Waals surface area contributed by atoms with Gasteiger partial charge < -0.3 is 5.11 Å². The quantitative estimate of drug-likeness (QED) is 0.221. The standard InChI is InChI=1S/C33H37N3O2/c1-20-13-14-21(2)24(15-20)29-18-25(23-11-9-10-12-28(23)35-29)31(38)36-34-19-22-16-26(32(3,4)5)30(37)27(17-22)33(6,7)8/h9-19,37H,1-8H3,(H,36,38)/b34-19-. The third-order valence-electron chi connectivity index (χ3n) is 6.76. The number of fused-ring (bicyclic) bond motifs is 1. The first kappa shape index (κ1) is 27.1. The SMILES string of the molecule is Cc1ccc(C)c(-c2cc(C(=O)N/N=C\c3cc(C(C)(C)C)c(O)c(C(C)(C)C)c3)c3ccccc3n2)c1. The Morgan fingerprint density at radius 3 is 2.16 bits per heavy atom. The number of nitrogens with zero attached hydrogens (tertiary/aromatic N) is 2. The summed E-state index contributed by atoms with van der Waals surface area (Å²) in [6.07, 6.45) is 1.64. The van der Waals surface area contributed by atoms with Gasteiger partial charge in [0.1, 0.15) is 5.75 Å². The van der Waals surface area contributed by atoms with Crippen molar-refractivity contribution in [2.24, 2.45) is 5.10 Å². The lowest BCUT2D eigenvalue weighted by molar-refractivity contribution is 0.0956. The normalized spacial score (nSPS) is 12.3. The number of aromatic hydroxyl groups is 1. The molecule has 4 rings (SSSR count). The Balaban J connectivity index is 1.71. The number of phenolic OH excluding ortho intramolecular Hbond substituents is 1. The van der Waals surface area contributed by atoms with Crippen LogP contribution in [0.5, 0.6) is 5.75 Å². The molecule has 1 amide bonds. The first-order valence-corrected chi connectivity index (χ1v) is 12.9. The van der Waals surface area contributed by atoms with Crippen LogP contribution in [0.2, 0.25) is 0 Å². The zero-order chi connectivity index (χ0) is 27.8. The topological polar surface area (TPSA) is 74.6 Å². The number of hydrogen-bond donors (Lipinski definition) is 2. The largest absolute Gasteiger partial charge is 0.507 e. The number of phenols is 1. The molecule has 0 spiro atoms. The Hall–Kier alpha value is -3.99. The maximum absolute atomic E-state index is 13.4. The Labute approximate surface area is 225 Å². The monoisotopic (exact) mass is 507 g/mol. The van der Waals surface area contributed by atoms with Crippen molar-refractivity contribution in [2.45, 2.75) is 66.2 Å². The zero-order valence-corrected chi connectivity index (χ0v) is 23.6. The molecule has 0 radical (unpaired) electrons. The molecular weight excluding hydrogens is 470 g/mol. The third-order valence-corrected chi connectivity index (χ3v) is 6.76. The van der Waals surface area contributed by atoms with E-state index >= 15 is 0 Å². The number of amides is 1. The van der Waals surface area contributed by atoms with Crippen molar-refractivity contribution in [3.63, 3.8) is 0 Å². The van der Waals surface area contributed by atoms with Crippen LogP contribution in [0.15, 0.2) is 65.8 Å². The van der Waals surface area contributed by atoms with Crippen LogP contribution in [0.3, 0.4) is 0 Å². The molecule has 0 aliphatic heterocycles.